The molecule has 0 amide bonds. The molecule has 2 N–H and O–H groups in total. The fourth-order valence-corrected chi connectivity index (χ4v) is 3.74. The highest BCUT2D eigenvalue weighted by Crippen LogP contribution is 2.26. The van der Waals surface area contributed by atoms with Crippen molar-refractivity contribution >= 4 is 5.96 Å². The second-order valence-corrected chi connectivity index (χ2v) is 6.70. The Morgan fingerprint density at radius 1 is 1.35 bits per heavy atom. The van der Waals surface area contributed by atoms with Gasteiger partial charge >= 0.3 is 0 Å². The van der Waals surface area contributed by atoms with Crippen molar-refractivity contribution in [3.63, 3.8) is 0 Å². The lowest BCUT2D eigenvalue weighted by Gasteiger charge is -2.24. The number of nitrogens with zero attached hydrogens (tertiary/aromatic N) is 4. The zero-order valence-electron chi connectivity index (χ0n) is 14.5. The molecular formula is C17H30N6. The van der Waals surface area contributed by atoms with Crippen molar-refractivity contribution in [1.82, 2.24) is 25.3 Å². The number of hydrogen-bond acceptors (Lipinski definition) is 3. The SMILES string of the molecule is CCNC(=NCc1ccnn1C)NC1CCN(C2CCCC2)C1. The third kappa shape index (κ3) is 4.25. The minimum Gasteiger partial charge on any atom is -0.357 e. The number of guanidine groups is 1. The van der Waals surface area contributed by atoms with Crippen LogP contribution < -0.4 is 10.6 Å². The van der Waals surface area contributed by atoms with Gasteiger partial charge in [-0.1, -0.05) is 12.8 Å². The van der Waals surface area contributed by atoms with Crippen molar-refractivity contribution in [1.29, 1.82) is 0 Å². The Bertz CT molecular complexity index is 517. The van der Waals surface area contributed by atoms with E-state index in [0.717, 1.165) is 30.8 Å². The summed E-state index contributed by atoms with van der Waals surface area (Å²) in [6, 6.07) is 3.36. The Morgan fingerprint density at radius 2 is 2.17 bits per heavy atom. The van der Waals surface area contributed by atoms with Crippen LogP contribution in [0.25, 0.3) is 0 Å². The zero-order valence-corrected chi connectivity index (χ0v) is 14.5. The number of likely N-dealkylation sites (tertiary alicyclic amines) is 1. The Balaban J connectivity index is 1.53. The minimum absolute atomic E-state index is 0.514. The summed E-state index contributed by atoms with van der Waals surface area (Å²) in [5.41, 5.74) is 1.13. The predicted octanol–water partition coefficient (Wildman–Crippen LogP) is 1.49. The Kier molecular flexibility index (Phi) is 5.54. The molecule has 0 aromatic carbocycles. The molecule has 1 aliphatic heterocycles. The van der Waals surface area contributed by atoms with Crippen LogP contribution >= 0.6 is 0 Å². The van der Waals surface area contributed by atoms with Gasteiger partial charge in [0.2, 0.25) is 0 Å². The number of nitrogens with one attached hydrogen (secondary N) is 2. The van der Waals surface area contributed by atoms with Gasteiger partial charge in [0.15, 0.2) is 5.96 Å². The molecule has 2 fully saturated rings. The van der Waals surface area contributed by atoms with Gasteiger partial charge in [-0.25, -0.2) is 4.99 Å². The highest BCUT2D eigenvalue weighted by molar-refractivity contribution is 5.80. The van der Waals surface area contributed by atoms with Crippen molar-refractivity contribution in [3.05, 3.63) is 18.0 Å². The van der Waals surface area contributed by atoms with Crippen LogP contribution in [0, 0.1) is 0 Å². The molecule has 2 heterocycles. The van der Waals surface area contributed by atoms with E-state index in [2.05, 4.69) is 27.6 Å². The van der Waals surface area contributed by atoms with E-state index in [1.165, 1.54) is 38.6 Å². The second kappa shape index (κ2) is 7.81. The summed E-state index contributed by atoms with van der Waals surface area (Å²) < 4.78 is 1.88. The predicted molar refractivity (Wildman–Crippen MR) is 93.4 cm³/mol. The molecule has 2 aliphatic rings. The standard InChI is InChI=1S/C17H30N6/c1-3-18-17(19-12-16-8-10-20-22(16)2)21-14-9-11-23(13-14)15-6-4-5-7-15/h8,10,14-15H,3-7,9,11-13H2,1-2H3,(H2,18,19,21). The smallest absolute Gasteiger partial charge is 0.191 e. The Morgan fingerprint density at radius 3 is 2.87 bits per heavy atom. The summed E-state index contributed by atoms with van der Waals surface area (Å²) in [7, 11) is 1.96. The lowest BCUT2D eigenvalue weighted by molar-refractivity contribution is 0.242. The average molecular weight is 318 g/mol. The molecule has 6 nitrogen and oxygen atoms in total. The van der Waals surface area contributed by atoms with Gasteiger partial charge in [-0.05, 0) is 32.3 Å². The summed E-state index contributed by atoms with van der Waals surface area (Å²) in [4.78, 5) is 7.39. The van der Waals surface area contributed by atoms with Crippen LogP contribution in [0.1, 0.15) is 44.7 Å². The van der Waals surface area contributed by atoms with Crippen LogP contribution in [0.4, 0.5) is 0 Å². The van der Waals surface area contributed by atoms with Crippen molar-refractivity contribution < 1.29 is 0 Å². The van der Waals surface area contributed by atoms with E-state index in [0.29, 0.717) is 12.6 Å². The minimum atomic E-state index is 0.514. The summed E-state index contributed by atoms with van der Waals surface area (Å²) in [5, 5.41) is 11.2. The maximum Gasteiger partial charge on any atom is 0.191 e. The van der Waals surface area contributed by atoms with Gasteiger partial charge in [0.25, 0.3) is 0 Å². The number of rotatable bonds is 5. The van der Waals surface area contributed by atoms with Crippen LogP contribution in [0.15, 0.2) is 17.3 Å². The lowest BCUT2D eigenvalue weighted by Crippen LogP contribution is -2.45. The molecule has 1 aromatic rings. The molecular weight excluding hydrogens is 288 g/mol. The number of aliphatic imine (C=N–C) groups is 1. The lowest BCUT2D eigenvalue weighted by atomic mass is 10.2. The Hall–Kier alpha value is -1.56. The number of hydrogen-bond donors (Lipinski definition) is 2. The Labute approximate surface area is 139 Å². The summed E-state index contributed by atoms with van der Waals surface area (Å²) in [6.45, 7) is 6.03. The molecule has 1 aliphatic carbocycles. The topological polar surface area (TPSA) is 57.5 Å². The molecule has 0 spiro atoms. The largest absolute Gasteiger partial charge is 0.357 e. The van der Waals surface area contributed by atoms with Gasteiger partial charge in [0.1, 0.15) is 0 Å². The fraction of sp³-hybridized carbons (Fsp3) is 0.765. The molecule has 1 unspecified atom stereocenters. The molecule has 1 saturated heterocycles. The third-order valence-electron chi connectivity index (χ3n) is 5.07. The molecule has 3 rings (SSSR count). The van der Waals surface area contributed by atoms with E-state index in [1.807, 2.05) is 24.0 Å². The van der Waals surface area contributed by atoms with E-state index in [1.54, 1.807) is 0 Å². The van der Waals surface area contributed by atoms with Crippen LogP contribution in [-0.4, -0.2) is 52.4 Å². The van der Waals surface area contributed by atoms with Crippen LogP contribution in [0.2, 0.25) is 0 Å². The summed E-state index contributed by atoms with van der Waals surface area (Å²) in [5.74, 6) is 0.923. The zero-order chi connectivity index (χ0) is 16.1. The molecule has 6 heteroatoms. The normalized spacial score (nSPS) is 23.6. The second-order valence-electron chi connectivity index (χ2n) is 6.70. The molecule has 23 heavy (non-hydrogen) atoms. The maximum absolute atomic E-state index is 4.72. The van der Waals surface area contributed by atoms with Crippen LogP contribution in [0.5, 0.6) is 0 Å². The van der Waals surface area contributed by atoms with E-state index < -0.39 is 0 Å². The van der Waals surface area contributed by atoms with Crippen molar-refractivity contribution in [2.75, 3.05) is 19.6 Å². The van der Waals surface area contributed by atoms with Crippen molar-refractivity contribution in [2.45, 2.75) is 57.7 Å². The molecule has 128 valence electrons. The third-order valence-corrected chi connectivity index (χ3v) is 5.07. The molecule has 1 saturated carbocycles. The van der Waals surface area contributed by atoms with Crippen molar-refractivity contribution in [2.24, 2.45) is 12.0 Å². The highest BCUT2D eigenvalue weighted by atomic mass is 15.3. The molecule has 0 bridgehead atoms. The molecule has 1 atom stereocenters. The monoisotopic (exact) mass is 318 g/mol. The first-order valence-corrected chi connectivity index (χ1v) is 9.02. The van der Waals surface area contributed by atoms with Gasteiger partial charge in [-0.15, -0.1) is 0 Å². The number of aryl methyl sites for hydroxylation is 1. The van der Waals surface area contributed by atoms with E-state index in [4.69, 9.17) is 4.99 Å². The van der Waals surface area contributed by atoms with Crippen LogP contribution in [0.3, 0.4) is 0 Å². The van der Waals surface area contributed by atoms with E-state index >= 15 is 0 Å². The summed E-state index contributed by atoms with van der Waals surface area (Å²) >= 11 is 0. The van der Waals surface area contributed by atoms with Gasteiger partial charge in [-0.3, -0.25) is 9.58 Å². The van der Waals surface area contributed by atoms with Gasteiger partial charge in [0.05, 0.1) is 12.2 Å². The van der Waals surface area contributed by atoms with Crippen LogP contribution in [-0.2, 0) is 13.6 Å². The average Bonchev–Trinajstić information content (AvgIpc) is 3.26. The first-order valence-electron chi connectivity index (χ1n) is 9.02. The first-order chi connectivity index (χ1) is 11.3. The number of aromatic nitrogens is 2. The molecule has 0 radical (unpaired) electrons. The maximum atomic E-state index is 4.72. The summed E-state index contributed by atoms with van der Waals surface area (Å²) in [6.07, 6.45) is 8.64. The fourth-order valence-electron chi connectivity index (χ4n) is 3.74. The van der Waals surface area contributed by atoms with Gasteiger partial charge < -0.3 is 10.6 Å². The van der Waals surface area contributed by atoms with Gasteiger partial charge in [-0.2, -0.15) is 5.10 Å². The molecule has 1 aromatic heterocycles. The van der Waals surface area contributed by atoms with Gasteiger partial charge in [0, 0.05) is 45.0 Å². The first kappa shape index (κ1) is 16.3. The van der Waals surface area contributed by atoms with Crippen molar-refractivity contribution in [3.8, 4) is 0 Å². The van der Waals surface area contributed by atoms with E-state index in [-0.39, 0.29) is 0 Å². The quantitative estimate of drug-likeness (QED) is 0.638. The highest BCUT2D eigenvalue weighted by Gasteiger charge is 2.30. The van der Waals surface area contributed by atoms with E-state index in [9.17, 15) is 0 Å².